The summed E-state index contributed by atoms with van der Waals surface area (Å²) in [7, 11) is 0. The molecule has 2 unspecified atom stereocenters. The first kappa shape index (κ1) is 56.3. The Morgan fingerprint density at radius 3 is 1.23 bits per heavy atom. The zero-order valence-corrected chi connectivity index (χ0v) is 39.6. The first-order chi connectivity index (χ1) is 29.7. The van der Waals surface area contributed by atoms with Crippen LogP contribution in [0.2, 0.25) is 0 Å². The molecule has 0 aromatic carbocycles. The van der Waals surface area contributed by atoms with E-state index in [1.807, 2.05) is 0 Å². The Bertz CT molecular complexity index is 1110. The topological polar surface area (TPSA) is 144 Å². The molecule has 1 fully saturated rings. The fourth-order valence-corrected chi connectivity index (χ4v) is 7.65. The Balaban J connectivity index is 2.51. The lowest BCUT2D eigenvalue weighted by atomic mass is 9.94. The van der Waals surface area contributed by atoms with Crippen molar-refractivity contribution in [3.05, 3.63) is 0 Å². The number of esters is 5. The van der Waals surface area contributed by atoms with Crippen LogP contribution in [0, 0.1) is 17.8 Å². The van der Waals surface area contributed by atoms with Crippen LogP contribution >= 0.6 is 0 Å². The highest BCUT2D eigenvalue weighted by Crippen LogP contribution is 2.22. The van der Waals surface area contributed by atoms with E-state index in [0.717, 1.165) is 103 Å². The number of ether oxygens (including phenoxy) is 5. The molecule has 356 valence electrons. The Morgan fingerprint density at radius 2 is 0.820 bits per heavy atom. The standard InChI is InChI=1S/C50H91NO10/c1-5-9-13-17-19-23-31-43(29-21-15-11-7-3)49(55)57-35-27-25-33-46(52)59-40-45(41-60-48(54)37-42-38-51-39-42)61-47(53)34-26-28-36-58-50(56)44(30-22-16-12-8-4)32-24-20-18-14-10-6-2/h42-45,51H,5-41H2,1-4H3/t43?,44?,45-/m1/s1. The highest BCUT2D eigenvalue weighted by Gasteiger charge is 2.25. The van der Waals surface area contributed by atoms with E-state index in [1.54, 1.807) is 0 Å². The van der Waals surface area contributed by atoms with Crippen LogP contribution in [0.25, 0.3) is 0 Å². The van der Waals surface area contributed by atoms with Gasteiger partial charge in [-0.05, 0) is 70.4 Å². The van der Waals surface area contributed by atoms with Crippen molar-refractivity contribution in [2.24, 2.45) is 17.8 Å². The van der Waals surface area contributed by atoms with Crippen molar-refractivity contribution in [3.8, 4) is 0 Å². The average Bonchev–Trinajstić information content (AvgIpc) is 3.23. The van der Waals surface area contributed by atoms with Gasteiger partial charge in [-0.1, -0.05) is 156 Å². The molecule has 0 bridgehead atoms. The maximum atomic E-state index is 13.0. The molecule has 3 atom stereocenters. The summed E-state index contributed by atoms with van der Waals surface area (Å²) in [5.74, 6) is -1.50. The SMILES string of the molecule is CCCCCCCCC(CCCCCC)C(=O)OCCCCC(=O)OC[C@H](COC(=O)CC1CNC1)OC(=O)CCCCOC(=O)C(CCCCCC)CCCCCCCC. The van der Waals surface area contributed by atoms with Gasteiger partial charge in [0.15, 0.2) is 6.10 Å². The van der Waals surface area contributed by atoms with Crippen molar-refractivity contribution in [2.45, 2.75) is 233 Å². The summed E-state index contributed by atoms with van der Waals surface area (Å²) < 4.78 is 27.9. The van der Waals surface area contributed by atoms with Gasteiger partial charge in [0.1, 0.15) is 13.2 Å². The molecular weight excluding hydrogens is 775 g/mol. The van der Waals surface area contributed by atoms with Gasteiger partial charge in [0.2, 0.25) is 0 Å². The number of nitrogens with one attached hydrogen (secondary N) is 1. The number of carbonyl (C=O) groups is 5. The van der Waals surface area contributed by atoms with E-state index in [2.05, 4.69) is 33.0 Å². The van der Waals surface area contributed by atoms with Crippen molar-refractivity contribution in [2.75, 3.05) is 39.5 Å². The minimum Gasteiger partial charge on any atom is -0.465 e. The molecule has 1 N–H and O–H groups in total. The van der Waals surface area contributed by atoms with Gasteiger partial charge >= 0.3 is 29.8 Å². The molecule has 11 heteroatoms. The predicted octanol–water partition coefficient (Wildman–Crippen LogP) is 11.7. The molecular formula is C50H91NO10. The fraction of sp³-hybridized carbons (Fsp3) is 0.900. The Kier molecular flexibility index (Phi) is 37.0. The Morgan fingerprint density at radius 1 is 0.443 bits per heavy atom. The lowest BCUT2D eigenvalue weighted by Gasteiger charge is -2.26. The summed E-state index contributed by atoms with van der Waals surface area (Å²) in [5.41, 5.74) is 0. The molecule has 1 aliphatic heterocycles. The zero-order chi connectivity index (χ0) is 44.6. The van der Waals surface area contributed by atoms with Gasteiger partial charge < -0.3 is 29.0 Å². The summed E-state index contributed by atoms with van der Waals surface area (Å²) in [6.45, 7) is 10.4. The third kappa shape index (κ3) is 32.6. The van der Waals surface area contributed by atoms with Gasteiger partial charge in [-0.3, -0.25) is 24.0 Å². The van der Waals surface area contributed by atoms with E-state index >= 15 is 0 Å². The lowest BCUT2D eigenvalue weighted by Crippen LogP contribution is -2.43. The van der Waals surface area contributed by atoms with Crippen molar-refractivity contribution in [1.82, 2.24) is 5.32 Å². The molecule has 0 amide bonds. The van der Waals surface area contributed by atoms with Crippen molar-refractivity contribution in [3.63, 3.8) is 0 Å². The van der Waals surface area contributed by atoms with Crippen LogP contribution in [-0.2, 0) is 47.7 Å². The number of hydrogen-bond donors (Lipinski definition) is 1. The first-order valence-electron chi connectivity index (χ1n) is 25.3. The minimum absolute atomic E-state index is 0.0631. The van der Waals surface area contributed by atoms with Crippen LogP contribution in [0.3, 0.4) is 0 Å². The quantitative estimate of drug-likeness (QED) is 0.0355. The largest absolute Gasteiger partial charge is 0.465 e. The molecule has 0 aromatic heterocycles. The maximum Gasteiger partial charge on any atom is 0.308 e. The molecule has 61 heavy (non-hydrogen) atoms. The van der Waals surface area contributed by atoms with E-state index < -0.39 is 18.0 Å². The second kappa shape index (κ2) is 40.1. The van der Waals surface area contributed by atoms with Crippen molar-refractivity contribution in [1.29, 1.82) is 0 Å². The number of unbranched alkanes of at least 4 members (excludes halogenated alkanes) is 18. The summed E-state index contributed by atoms with van der Waals surface area (Å²) >= 11 is 0. The summed E-state index contributed by atoms with van der Waals surface area (Å²) in [6.07, 6.45) is 28.4. The van der Waals surface area contributed by atoms with Gasteiger partial charge in [-0.25, -0.2) is 0 Å². The zero-order valence-electron chi connectivity index (χ0n) is 39.6. The van der Waals surface area contributed by atoms with E-state index in [-0.39, 0.29) is 81.4 Å². The van der Waals surface area contributed by atoms with E-state index in [9.17, 15) is 24.0 Å². The Labute approximate surface area is 372 Å². The van der Waals surface area contributed by atoms with Crippen LogP contribution in [0.5, 0.6) is 0 Å². The highest BCUT2D eigenvalue weighted by atomic mass is 16.6. The molecule has 1 rings (SSSR count). The van der Waals surface area contributed by atoms with Gasteiger partial charge in [0.05, 0.1) is 31.5 Å². The van der Waals surface area contributed by atoms with E-state index in [1.165, 1.54) is 64.2 Å². The van der Waals surface area contributed by atoms with Crippen LogP contribution in [-0.4, -0.2) is 75.5 Å². The number of rotatable bonds is 43. The summed E-state index contributed by atoms with van der Waals surface area (Å²) in [4.78, 5) is 63.9. The van der Waals surface area contributed by atoms with Crippen LogP contribution in [0.4, 0.5) is 0 Å². The van der Waals surface area contributed by atoms with E-state index in [0.29, 0.717) is 25.7 Å². The summed E-state index contributed by atoms with van der Waals surface area (Å²) in [5, 5.41) is 3.13. The monoisotopic (exact) mass is 866 g/mol. The van der Waals surface area contributed by atoms with Crippen LogP contribution < -0.4 is 5.32 Å². The molecule has 1 aliphatic rings. The minimum atomic E-state index is -0.935. The molecule has 11 nitrogen and oxygen atoms in total. The third-order valence-electron chi connectivity index (χ3n) is 11.8. The smallest absolute Gasteiger partial charge is 0.308 e. The second-order valence-electron chi connectivity index (χ2n) is 17.7. The van der Waals surface area contributed by atoms with Gasteiger partial charge in [0, 0.05) is 12.8 Å². The van der Waals surface area contributed by atoms with Crippen molar-refractivity contribution >= 4 is 29.8 Å². The molecule has 0 radical (unpaired) electrons. The first-order valence-corrected chi connectivity index (χ1v) is 25.3. The number of carbonyl (C=O) groups excluding carboxylic acids is 5. The van der Waals surface area contributed by atoms with Crippen LogP contribution in [0.1, 0.15) is 227 Å². The molecule has 0 saturated carbocycles. The van der Waals surface area contributed by atoms with Gasteiger partial charge in [-0.2, -0.15) is 0 Å². The molecule has 1 heterocycles. The van der Waals surface area contributed by atoms with Gasteiger partial charge in [0.25, 0.3) is 0 Å². The average molecular weight is 866 g/mol. The van der Waals surface area contributed by atoms with Crippen LogP contribution in [0.15, 0.2) is 0 Å². The lowest BCUT2D eigenvalue weighted by molar-refractivity contribution is -0.167. The molecule has 0 aliphatic carbocycles. The third-order valence-corrected chi connectivity index (χ3v) is 11.8. The second-order valence-corrected chi connectivity index (χ2v) is 17.7. The normalized spacial score (nSPS) is 14.1. The molecule has 0 spiro atoms. The molecule has 1 saturated heterocycles. The summed E-state index contributed by atoms with van der Waals surface area (Å²) in [6, 6.07) is 0. The highest BCUT2D eigenvalue weighted by molar-refractivity contribution is 5.73. The predicted molar refractivity (Wildman–Crippen MR) is 243 cm³/mol. The maximum absolute atomic E-state index is 13.0. The fourth-order valence-electron chi connectivity index (χ4n) is 7.65. The van der Waals surface area contributed by atoms with Gasteiger partial charge in [-0.15, -0.1) is 0 Å². The Hall–Kier alpha value is -2.69. The van der Waals surface area contributed by atoms with Crippen molar-refractivity contribution < 1.29 is 47.7 Å². The van der Waals surface area contributed by atoms with E-state index in [4.69, 9.17) is 23.7 Å². The molecule has 0 aromatic rings. The number of hydrogen-bond acceptors (Lipinski definition) is 11.